The Morgan fingerprint density at radius 1 is 1.00 bits per heavy atom. The number of amides is 1. The molecule has 4 nitrogen and oxygen atoms in total. The van der Waals surface area contributed by atoms with Crippen molar-refractivity contribution in [2.75, 3.05) is 20.2 Å². The Labute approximate surface area is 159 Å². The summed E-state index contributed by atoms with van der Waals surface area (Å²) in [5.74, 6) is -1.02. The van der Waals surface area contributed by atoms with Crippen LogP contribution >= 0.6 is 0 Å². The summed E-state index contributed by atoms with van der Waals surface area (Å²) in [5, 5.41) is 0. The Morgan fingerprint density at radius 2 is 1.63 bits per heavy atom. The number of carbonyl (C=O) groups excluding carboxylic acids is 2. The van der Waals surface area contributed by atoms with Crippen molar-refractivity contribution < 1.29 is 18.7 Å². The summed E-state index contributed by atoms with van der Waals surface area (Å²) in [7, 11) is 1.35. The number of nitrogens with zero attached hydrogens (tertiary/aromatic N) is 1. The van der Waals surface area contributed by atoms with Crippen LogP contribution in [0.4, 0.5) is 4.39 Å². The van der Waals surface area contributed by atoms with Crippen molar-refractivity contribution >= 4 is 11.9 Å². The summed E-state index contributed by atoms with van der Waals surface area (Å²) in [6.45, 7) is 2.53. The Hall–Kier alpha value is -2.69. The van der Waals surface area contributed by atoms with Gasteiger partial charge in [0.25, 0.3) is 0 Å². The molecule has 2 rings (SSSR count). The highest BCUT2D eigenvalue weighted by Crippen LogP contribution is 2.11. The molecule has 0 aliphatic heterocycles. The Balaban J connectivity index is 1.99. The summed E-state index contributed by atoms with van der Waals surface area (Å²) >= 11 is 0. The number of hydrogen-bond donors (Lipinski definition) is 0. The second kappa shape index (κ2) is 10.5. The first-order valence-electron chi connectivity index (χ1n) is 9.13. The summed E-state index contributed by atoms with van der Waals surface area (Å²) < 4.78 is 17.8. The van der Waals surface area contributed by atoms with Crippen LogP contribution in [0.1, 0.15) is 24.5 Å². The van der Waals surface area contributed by atoms with Crippen LogP contribution in [0.15, 0.2) is 54.6 Å². The molecule has 0 N–H and O–H groups in total. The molecule has 1 atom stereocenters. The van der Waals surface area contributed by atoms with E-state index in [2.05, 4.69) is 0 Å². The lowest BCUT2D eigenvalue weighted by molar-refractivity contribution is -0.146. The highest BCUT2D eigenvalue weighted by atomic mass is 19.1. The third kappa shape index (κ3) is 6.85. The van der Waals surface area contributed by atoms with E-state index in [-0.39, 0.29) is 17.7 Å². The van der Waals surface area contributed by atoms with Gasteiger partial charge in [0.1, 0.15) is 5.82 Å². The largest absolute Gasteiger partial charge is 0.469 e. The van der Waals surface area contributed by atoms with Gasteiger partial charge < -0.3 is 9.64 Å². The molecule has 0 fully saturated rings. The predicted octanol–water partition coefficient (Wildman–Crippen LogP) is 3.64. The minimum Gasteiger partial charge on any atom is -0.469 e. The number of ether oxygens (including phenoxy) is 1. The van der Waals surface area contributed by atoms with E-state index >= 15 is 0 Å². The standard InChI is InChI=1S/C22H26FNO3/c1-17(22(26)27-2)16-24(15-14-19-8-11-20(23)12-9-19)21(25)13-10-18-6-4-3-5-7-18/h3-9,11-12,17H,10,13-16H2,1-2H3. The fraction of sp³-hybridized carbons (Fsp3) is 0.364. The van der Waals surface area contributed by atoms with Gasteiger partial charge in [0.05, 0.1) is 13.0 Å². The number of rotatable bonds is 9. The zero-order chi connectivity index (χ0) is 19.6. The van der Waals surface area contributed by atoms with Crippen molar-refractivity contribution in [3.63, 3.8) is 0 Å². The number of aryl methyl sites for hydroxylation is 1. The molecule has 0 aliphatic rings. The zero-order valence-corrected chi connectivity index (χ0v) is 15.9. The number of methoxy groups -OCH3 is 1. The lowest BCUT2D eigenvalue weighted by atomic mass is 10.1. The monoisotopic (exact) mass is 371 g/mol. The fourth-order valence-corrected chi connectivity index (χ4v) is 2.89. The molecular formula is C22H26FNO3. The van der Waals surface area contributed by atoms with Crippen molar-refractivity contribution in [3.8, 4) is 0 Å². The van der Waals surface area contributed by atoms with Gasteiger partial charge in [-0.25, -0.2) is 4.39 Å². The SMILES string of the molecule is COC(=O)C(C)CN(CCc1ccc(F)cc1)C(=O)CCc1ccccc1. The van der Waals surface area contributed by atoms with Crippen LogP contribution in [0.3, 0.4) is 0 Å². The van der Waals surface area contributed by atoms with Gasteiger partial charge in [-0.2, -0.15) is 0 Å². The Kier molecular flexibility index (Phi) is 7.99. The first kappa shape index (κ1) is 20.6. The second-order valence-electron chi connectivity index (χ2n) is 6.63. The number of hydrogen-bond acceptors (Lipinski definition) is 3. The van der Waals surface area contributed by atoms with Gasteiger partial charge in [0, 0.05) is 19.5 Å². The van der Waals surface area contributed by atoms with Crippen LogP contribution in [-0.2, 0) is 27.2 Å². The van der Waals surface area contributed by atoms with Crippen molar-refractivity contribution in [1.29, 1.82) is 0 Å². The molecule has 0 saturated carbocycles. The normalized spacial score (nSPS) is 11.7. The summed E-state index contributed by atoms with van der Waals surface area (Å²) in [4.78, 5) is 26.2. The van der Waals surface area contributed by atoms with E-state index in [4.69, 9.17) is 4.74 Å². The number of halogens is 1. The first-order valence-corrected chi connectivity index (χ1v) is 9.13. The molecule has 0 spiro atoms. The predicted molar refractivity (Wildman–Crippen MR) is 103 cm³/mol. The van der Waals surface area contributed by atoms with E-state index in [0.717, 1.165) is 11.1 Å². The molecule has 0 bridgehead atoms. The van der Waals surface area contributed by atoms with Crippen LogP contribution in [-0.4, -0.2) is 37.0 Å². The lowest BCUT2D eigenvalue weighted by Crippen LogP contribution is -2.38. The highest BCUT2D eigenvalue weighted by Gasteiger charge is 2.21. The third-order valence-electron chi connectivity index (χ3n) is 4.50. The van der Waals surface area contributed by atoms with Crippen molar-refractivity contribution in [1.82, 2.24) is 4.90 Å². The van der Waals surface area contributed by atoms with Crippen LogP contribution in [0, 0.1) is 11.7 Å². The van der Waals surface area contributed by atoms with E-state index in [9.17, 15) is 14.0 Å². The maximum Gasteiger partial charge on any atom is 0.310 e. The lowest BCUT2D eigenvalue weighted by Gasteiger charge is -2.25. The van der Waals surface area contributed by atoms with E-state index in [1.807, 2.05) is 30.3 Å². The Morgan fingerprint density at radius 3 is 2.26 bits per heavy atom. The molecule has 1 unspecified atom stereocenters. The molecule has 1 amide bonds. The quantitative estimate of drug-likeness (QED) is 0.632. The van der Waals surface area contributed by atoms with Gasteiger partial charge in [0.2, 0.25) is 5.91 Å². The molecule has 0 aromatic heterocycles. The van der Waals surface area contributed by atoms with Gasteiger partial charge in [-0.15, -0.1) is 0 Å². The highest BCUT2D eigenvalue weighted by molar-refractivity contribution is 5.78. The van der Waals surface area contributed by atoms with Crippen LogP contribution in [0.25, 0.3) is 0 Å². The first-order chi connectivity index (χ1) is 13.0. The molecule has 144 valence electrons. The number of benzene rings is 2. The van der Waals surface area contributed by atoms with E-state index in [1.54, 1.807) is 24.0 Å². The second-order valence-corrected chi connectivity index (χ2v) is 6.63. The number of carbonyl (C=O) groups is 2. The molecule has 0 aliphatic carbocycles. The maximum atomic E-state index is 13.1. The Bertz CT molecular complexity index is 731. The number of esters is 1. The molecule has 2 aromatic rings. The molecule has 0 heterocycles. The minimum absolute atomic E-state index is 0.00304. The van der Waals surface area contributed by atoms with Gasteiger partial charge in [-0.05, 0) is 36.1 Å². The molecule has 27 heavy (non-hydrogen) atoms. The molecular weight excluding hydrogens is 345 g/mol. The zero-order valence-electron chi connectivity index (χ0n) is 15.9. The molecule has 2 aromatic carbocycles. The van der Waals surface area contributed by atoms with Crippen molar-refractivity contribution in [3.05, 3.63) is 71.5 Å². The molecule has 5 heteroatoms. The van der Waals surface area contributed by atoms with E-state index in [0.29, 0.717) is 32.4 Å². The third-order valence-corrected chi connectivity index (χ3v) is 4.50. The van der Waals surface area contributed by atoms with Gasteiger partial charge in [0.15, 0.2) is 0 Å². The van der Waals surface area contributed by atoms with E-state index in [1.165, 1.54) is 19.2 Å². The van der Waals surface area contributed by atoms with Crippen LogP contribution in [0.2, 0.25) is 0 Å². The average molecular weight is 371 g/mol. The molecule has 0 saturated heterocycles. The maximum absolute atomic E-state index is 13.1. The fourth-order valence-electron chi connectivity index (χ4n) is 2.89. The van der Waals surface area contributed by atoms with E-state index < -0.39 is 5.92 Å². The summed E-state index contributed by atoms with van der Waals surface area (Å²) in [5.41, 5.74) is 2.05. The minimum atomic E-state index is -0.399. The van der Waals surface area contributed by atoms with Gasteiger partial charge >= 0.3 is 5.97 Å². The van der Waals surface area contributed by atoms with Gasteiger partial charge in [-0.3, -0.25) is 9.59 Å². The summed E-state index contributed by atoms with van der Waals surface area (Å²) in [6, 6.07) is 16.1. The van der Waals surface area contributed by atoms with Crippen molar-refractivity contribution in [2.45, 2.75) is 26.2 Å². The average Bonchev–Trinajstić information content (AvgIpc) is 2.70. The summed E-state index contributed by atoms with van der Waals surface area (Å²) in [6.07, 6.45) is 1.63. The van der Waals surface area contributed by atoms with Crippen molar-refractivity contribution in [2.24, 2.45) is 5.92 Å². The molecule has 0 radical (unpaired) electrons. The van der Waals surface area contributed by atoms with Crippen LogP contribution in [0.5, 0.6) is 0 Å². The smallest absolute Gasteiger partial charge is 0.310 e. The van der Waals surface area contributed by atoms with Gasteiger partial charge in [-0.1, -0.05) is 49.4 Å². The topological polar surface area (TPSA) is 46.6 Å². The van der Waals surface area contributed by atoms with Crippen LogP contribution < -0.4 is 0 Å².